The molecule has 1 aromatic heterocycles. The molecule has 0 aromatic carbocycles. The Kier molecular flexibility index (Phi) is 3.50. The van der Waals surface area contributed by atoms with Crippen LogP contribution in [0.5, 0.6) is 0 Å². The first-order chi connectivity index (χ1) is 6.69. The Morgan fingerprint density at radius 2 is 2.36 bits per heavy atom. The first-order valence-electron chi connectivity index (χ1n) is 4.69. The van der Waals surface area contributed by atoms with Gasteiger partial charge in [-0.1, -0.05) is 6.92 Å². The Hall–Kier alpha value is -1.52. The average molecular weight is 197 g/mol. The van der Waals surface area contributed by atoms with E-state index in [1.165, 1.54) is 0 Å². The van der Waals surface area contributed by atoms with Crippen molar-refractivity contribution < 1.29 is 9.53 Å². The van der Waals surface area contributed by atoms with Crippen molar-refractivity contribution in [1.29, 1.82) is 0 Å². The molecule has 0 saturated heterocycles. The van der Waals surface area contributed by atoms with Crippen molar-refractivity contribution >= 4 is 11.7 Å². The third kappa shape index (κ3) is 2.25. The largest absolute Gasteiger partial charge is 0.461 e. The van der Waals surface area contributed by atoms with E-state index in [1.54, 1.807) is 10.9 Å². The zero-order valence-corrected chi connectivity index (χ0v) is 8.49. The van der Waals surface area contributed by atoms with E-state index in [2.05, 4.69) is 5.10 Å². The second-order valence-corrected chi connectivity index (χ2v) is 2.92. The molecular formula is C9H15N3O2. The molecule has 1 aromatic rings. The quantitative estimate of drug-likeness (QED) is 0.732. The normalized spacial score (nSPS) is 10.1. The molecule has 0 aliphatic carbocycles. The molecule has 2 N–H and O–H groups in total. The third-order valence-electron chi connectivity index (χ3n) is 1.74. The Labute approximate surface area is 82.8 Å². The van der Waals surface area contributed by atoms with Crippen LogP contribution in [0, 0.1) is 0 Å². The fourth-order valence-electron chi connectivity index (χ4n) is 1.02. The van der Waals surface area contributed by atoms with E-state index in [4.69, 9.17) is 10.5 Å². The summed E-state index contributed by atoms with van der Waals surface area (Å²) in [5, 5.41) is 4.00. The first-order valence-corrected chi connectivity index (χ1v) is 4.69. The number of nitrogens with two attached hydrogens (primary N) is 1. The van der Waals surface area contributed by atoms with Crippen LogP contribution in [-0.4, -0.2) is 22.4 Å². The number of anilines is 1. The highest BCUT2D eigenvalue weighted by molar-refractivity contribution is 5.92. The van der Waals surface area contributed by atoms with Gasteiger partial charge in [0.05, 0.1) is 12.3 Å². The van der Waals surface area contributed by atoms with E-state index in [-0.39, 0.29) is 5.69 Å². The topological polar surface area (TPSA) is 70.1 Å². The molecule has 0 aliphatic heterocycles. The van der Waals surface area contributed by atoms with Crippen LogP contribution in [0.4, 0.5) is 5.69 Å². The molecule has 0 saturated carbocycles. The number of carbonyl (C=O) groups is 1. The van der Waals surface area contributed by atoms with Crippen molar-refractivity contribution in [3.63, 3.8) is 0 Å². The monoisotopic (exact) mass is 197 g/mol. The number of hydrogen-bond acceptors (Lipinski definition) is 4. The molecule has 78 valence electrons. The molecule has 0 spiro atoms. The Morgan fingerprint density at radius 3 is 2.86 bits per heavy atom. The van der Waals surface area contributed by atoms with Crippen LogP contribution in [0.3, 0.4) is 0 Å². The number of nitrogens with zero attached hydrogens (tertiary/aromatic N) is 2. The van der Waals surface area contributed by atoms with Crippen molar-refractivity contribution in [1.82, 2.24) is 9.78 Å². The number of carbonyl (C=O) groups excluding carboxylic acids is 1. The number of nitrogen functional groups attached to an aromatic ring is 1. The molecule has 1 heterocycles. The molecule has 0 bridgehead atoms. The van der Waals surface area contributed by atoms with E-state index in [0.29, 0.717) is 18.8 Å². The summed E-state index contributed by atoms with van der Waals surface area (Å²) in [6, 6.07) is 0. The fourth-order valence-corrected chi connectivity index (χ4v) is 1.02. The summed E-state index contributed by atoms with van der Waals surface area (Å²) in [5.41, 5.74) is 6.18. The van der Waals surface area contributed by atoms with E-state index < -0.39 is 5.97 Å². The highest BCUT2D eigenvalue weighted by Gasteiger charge is 2.15. The van der Waals surface area contributed by atoms with Crippen molar-refractivity contribution in [2.24, 2.45) is 0 Å². The zero-order chi connectivity index (χ0) is 10.6. The van der Waals surface area contributed by atoms with Gasteiger partial charge in [0.2, 0.25) is 0 Å². The summed E-state index contributed by atoms with van der Waals surface area (Å²) in [6.45, 7) is 4.94. The standard InChI is InChI=1S/C9H15N3O2/c1-3-5-14-9(13)8-7(10)6-12(4-2)11-8/h6H,3-5,10H2,1-2H3. The molecule has 0 radical (unpaired) electrons. The van der Waals surface area contributed by atoms with Gasteiger partial charge in [-0.05, 0) is 13.3 Å². The highest BCUT2D eigenvalue weighted by Crippen LogP contribution is 2.10. The van der Waals surface area contributed by atoms with Gasteiger partial charge in [-0.3, -0.25) is 4.68 Å². The molecule has 0 fully saturated rings. The van der Waals surface area contributed by atoms with Gasteiger partial charge < -0.3 is 10.5 Å². The number of esters is 1. The van der Waals surface area contributed by atoms with Crippen molar-refractivity contribution in [2.75, 3.05) is 12.3 Å². The van der Waals surface area contributed by atoms with Crippen LogP contribution >= 0.6 is 0 Å². The lowest BCUT2D eigenvalue weighted by Crippen LogP contribution is -2.09. The van der Waals surface area contributed by atoms with Crippen LogP contribution in [-0.2, 0) is 11.3 Å². The zero-order valence-electron chi connectivity index (χ0n) is 8.49. The Bertz CT molecular complexity index is 320. The number of rotatable bonds is 4. The van der Waals surface area contributed by atoms with E-state index in [1.807, 2.05) is 13.8 Å². The summed E-state index contributed by atoms with van der Waals surface area (Å²) < 4.78 is 6.53. The molecule has 0 amide bonds. The van der Waals surface area contributed by atoms with E-state index in [9.17, 15) is 4.79 Å². The number of ether oxygens (including phenoxy) is 1. The Balaban J connectivity index is 2.73. The second kappa shape index (κ2) is 4.64. The molecule has 0 atom stereocenters. The predicted octanol–water partition coefficient (Wildman–Crippen LogP) is 1.05. The van der Waals surface area contributed by atoms with Crippen LogP contribution in [0.25, 0.3) is 0 Å². The van der Waals surface area contributed by atoms with Gasteiger partial charge in [-0.25, -0.2) is 4.79 Å². The minimum atomic E-state index is -0.448. The average Bonchev–Trinajstić information content (AvgIpc) is 2.56. The smallest absolute Gasteiger partial charge is 0.361 e. The minimum absolute atomic E-state index is 0.209. The van der Waals surface area contributed by atoms with Gasteiger partial charge in [0, 0.05) is 12.7 Å². The highest BCUT2D eigenvalue weighted by atomic mass is 16.5. The molecule has 0 aliphatic rings. The summed E-state index contributed by atoms with van der Waals surface area (Å²) in [4.78, 5) is 11.4. The first kappa shape index (κ1) is 10.6. The van der Waals surface area contributed by atoms with Crippen LogP contribution in [0.2, 0.25) is 0 Å². The van der Waals surface area contributed by atoms with Crippen molar-refractivity contribution in [2.45, 2.75) is 26.8 Å². The van der Waals surface area contributed by atoms with Gasteiger partial charge in [0.15, 0.2) is 5.69 Å². The van der Waals surface area contributed by atoms with E-state index in [0.717, 1.165) is 6.42 Å². The molecule has 0 unspecified atom stereocenters. The molecule has 14 heavy (non-hydrogen) atoms. The molecule has 5 heteroatoms. The van der Waals surface area contributed by atoms with Crippen LogP contribution in [0.1, 0.15) is 30.8 Å². The van der Waals surface area contributed by atoms with Gasteiger partial charge in [0.25, 0.3) is 0 Å². The van der Waals surface area contributed by atoms with Gasteiger partial charge in [0.1, 0.15) is 0 Å². The van der Waals surface area contributed by atoms with Gasteiger partial charge in [-0.15, -0.1) is 0 Å². The van der Waals surface area contributed by atoms with E-state index >= 15 is 0 Å². The molecular weight excluding hydrogens is 182 g/mol. The second-order valence-electron chi connectivity index (χ2n) is 2.92. The fraction of sp³-hybridized carbons (Fsp3) is 0.556. The summed E-state index contributed by atoms with van der Waals surface area (Å²) in [7, 11) is 0. The SMILES string of the molecule is CCCOC(=O)c1nn(CC)cc1N. The van der Waals surface area contributed by atoms with Gasteiger partial charge >= 0.3 is 5.97 Å². The molecule has 5 nitrogen and oxygen atoms in total. The maximum Gasteiger partial charge on any atom is 0.361 e. The van der Waals surface area contributed by atoms with Crippen molar-refractivity contribution in [3.8, 4) is 0 Å². The third-order valence-corrected chi connectivity index (χ3v) is 1.74. The maximum atomic E-state index is 11.4. The lowest BCUT2D eigenvalue weighted by molar-refractivity contribution is 0.0498. The summed E-state index contributed by atoms with van der Waals surface area (Å²) in [5.74, 6) is -0.448. The maximum absolute atomic E-state index is 11.4. The molecule has 1 rings (SSSR count). The minimum Gasteiger partial charge on any atom is -0.461 e. The predicted molar refractivity (Wildman–Crippen MR) is 52.9 cm³/mol. The summed E-state index contributed by atoms with van der Waals surface area (Å²) in [6.07, 6.45) is 2.42. The van der Waals surface area contributed by atoms with Gasteiger partial charge in [-0.2, -0.15) is 5.10 Å². The lowest BCUT2D eigenvalue weighted by Gasteiger charge is -1.99. The van der Waals surface area contributed by atoms with Crippen LogP contribution in [0.15, 0.2) is 6.20 Å². The summed E-state index contributed by atoms with van der Waals surface area (Å²) >= 11 is 0. The van der Waals surface area contributed by atoms with Crippen LogP contribution < -0.4 is 5.73 Å². The Morgan fingerprint density at radius 1 is 1.64 bits per heavy atom. The lowest BCUT2D eigenvalue weighted by atomic mass is 10.4. The number of aryl methyl sites for hydroxylation is 1. The number of aromatic nitrogens is 2. The van der Waals surface area contributed by atoms with Crippen molar-refractivity contribution in [3.05, 3.63) is 11.9 Å². The number of hydrogen-bond donors (Lipinski definition) is 1.